The molecule has 3 heterocycles. The molecule has 0 aliphatic carbocycles. The highest BCUT2D eigenvalue weighted by molar-refractivity contribution is 6.04. The summed E-state index contributed by atoms with van der Waals surface area (Å²) in [7, 11) is 0. The van der Waals surface area contributed by atoms with E-state index in [2.05, 4.69) is 10.5 Å². The van der Waals surface area contributed by atoms with Gasteiger partial charge in [0.1, 0.15) is 11.9 Å². The van der Waals surface area contributed by atoms with E-state index in [1.807, 2.05) is 0 Å². The molecule has 2 aromatic carbocycles. The van der Waals surface area contributed by atoms with Gasteiger partial charge in [-0.05, 0) is 30.3 Å². The third-order valence-corrected chi connectivity index (χ3v) is 7.10. The van der Waals surface area contributed by atoms with Gasteiger partial charge in [0.2, 0.25) is 12.0 Å². The number of rotatable bonds is 6. The van der Waals surface area contributed by atoms with Crippen molar-refractivity contribution in [2.75, 3.05) is 49.1 Å². The van der Waals surface area contributed by atoms with Crippen molar-refractivity contribution in [3.8, 4) is 0 Å². The third kappa shape index (κ3) is 6.20. The molecule has 2 fully saturated rings. The summed E-state index contributed by atoms with van der Waals surface area (Å²) < 4.78 is 59.5. The van der Waals surface area contributed by atoms with Crippen LogP contribution in [0.4, 0.5) is 33.7 Å². The maximum Gasteiger partial charge on any atom is 0.416 e. The summed E-state index contributed by atoms with van der Waals surface area (Å²) in [6, 6.07) is 9.12. The molecule has 41 heavy (non-hydrogen) atoms. The second-order valence-electron chi connectivity index (χ2n) is 9.92. The molecule has 2 atom stereocenters. The van der Waals surface area contributed by atoms with E-state index in [0.717, 1.165) is 12.1 Å². The van der Waals surface area contributed by atoms with Gasteiger partial charge in [-0.25, -0.2) is 9.18 Å². The summed E-state index contributed by atoms with van der Waals surface area (Å²) in [5, 5.41) is 6.44. The Morgan fingerprint density at radius 3 is 2.54 bits per heavy atom. The lowest BCUT2D eigenvalue weighted by Gasteiger charge is -2.37. The number of hydrogen-bond acceptors (Lipinski definition) is 7. The first-order chi connectivity index (χ1) is 19.5. The number of oxime groups is 1. The highest BCUT2D eigenvalue weighted by Crippen LogP contribution is 2.31. The molecule has 14 heteroatoms. The molecule has 10 nitrogen and oxygen atoms in total. The Labute approximate surface area is 232 Å². The number of hydrogen-bond donors (Lipinski definition) is 1. The van der Waals surface area contributed by atoms with Gasteiger partial charge in [0, 0.05) is 45.1 Å². The average Bonchev–Trinajstić information content (AvgIpc) is 3.58. The number of carbonyl (C=O) groups is 3. The first-order valence-corrected chi connectivity index (χ1v) is 13.0. The van der Waals surface area contributed by atoms with Crippen LogP contribution in [0.5, 0.6) is 0 Å². The van der Waals surface area contributed by atoms with E-state index in [-0.39, 0.29) is 55.7 Å². The lowest BCUT2D eigenvalue weighted by Crippen LogP contribution is -2.51. The van der Waals surface area contributed by atoms with Crippen molar-refractivity contribution in [1.82, 2.24) is 10.2 Å². The predicted molar refractivity (Wildman–Crippen MR) is 139 cm³/mol. The van der Waals surface area contributed by atoms with Gasteiger partial charge >= 0.3 is 12.3 Å². The molecule has 0 aromatic heterocycles. The fraction of sp³-hybridized carbons (Fsp3) is 0.407. The molecule has 0 saturated carbocycles. The molecule has 0 spiro atoms. The topological polar surface area (TPSA) is 104 Å². The quantitative estimate of drug-likeness (QED) is 0.530. The van der Waals surface area contributed by atoms with E-state index in [9.17, 15) is 27.6 Å². The van der Waals surface area contributed by atoms with E-state index in [1.54, 1.807) is 21.9 Å². The molecule has 1 unspecified atom stereocenters. The number of anilines is 2. The fourth-order valence-corrected chi connectivity index (χ4v) is 4.94. The molecule has 3 aliphatic heterocycles. The van der Waals surface area contributed by atoms with Crippen LogP contribution in [-0.2, 0) is 25.3 Å². The van der Waals surface area contributed by atoms with Gasteiger partial charge in [-0.3, -0.25) is 14.5 Å². The monoisotopic (exact) mass is 577 g/mol. The Kier molecular flexibility index (Phi) is 7.74. The first-order valence-electron chi connectivity index (χ1n) is 13.0. The number of nitrogens with one attached hydrogen (secondary N) is 1. The van der Waals surface area contributed by atoms with Crippen LogP contribution < -0.4 is 15.1 Å². The first kappa shape index (κ1) is 28.2. The molecule has 3 amide bonds. The largest absolute Gasteiger partial charge is 0.442 e. The van der Waals surface area contributed by atoms with E-state index in [4.69, 9.17) is 9.57 Å². The van der Waals surface area contributed by atoms with Crippen LogP contribution in [0.1, 0.15) is 24.5 Å². The second-order valence-corrected chi connectivity index (χ2v) is 9.92. The van der Waals surface area contributed by atoms with E-state index >= 15 is 4.39 Å². The van der Waals surface area contributed by atoms with Crippen LogP contribution >= 0.6 is 0 Å². The average molecular weight is 578 g/mol. The van der Waals surface area contributed by atoms with Crippen LogP contribution in [0.25, 0.3) is 0 Å². The minimum absolute atomic E-state index is 0.0427. The zero-order valence-electron chi connectivity index (χ0n) is 22.0. The Hall–Kier alpha value is -4.36. The minimum Gasteiger partial charge on any atom is -0.442 e. The van der Waals surface area contributed by atoms with E-state index in [0.29, 0.717) is 24.5 Å². The maximum absolute atomic E-state index is 15.1. The Morgan fingerprint density at radius 2 is 1.85 bits per heavy atom. The molecular weight excluding hydrogens is 550 g/mol. The van der Waals surface area contributed by atoms with Crippen LogP contribution in [0.15, 0.2) is 47.6 Å². The molecule has 2 saturated heterocycles. The molecule has 5 rings (SSSR count). The number of carbonyl (C=O) groups excluding carboxylic acids is 3. The van der Waals surface area contributed by atoms with E-state index in [1.165, 1.54) is 30.0 Å². The van der Waals surface area contributed by atoms with Gasteiger partial charge < -0.3 is 24.7 Å². The Morgan fingerprint density at radius 1 is 1.10 bits per heavy atom. The summed E-state index contributed by atoms with van der Waals surface area (Å²) in [5.41, 5.74) is 0.332. The Bertz CT molecular complexity index is 1380. The fourth-order valence-electron chi connectivity index (χ4n) is 4.94. The SMILES string of the molecule is CC(=O)NC[C@H]1CN(c2ccc(N3CCN(C(=O)C4CC(c5cccc(C(F)(F)F)c5)=NO4)CC3)c(F)c2)C(=O)O1. The standard InChI is InChI=1S/C27H27F4N5O5/c1-16(37)32-14-20-15-36(26(39)40-20)19-5-6-23(21(28)12-19)34-7-9-35(10-8-34)25(38)24-13-22(33-41-24)17-3-2-4-18(11-17)27(29,30)31/h2-6,11-12,20,24H,7-10,13-15H2,1H3,(H,32,37)/t20-,24?/m0/s1. The van der Waals surface area contributed by atoms with Gasteiger partial charge in [-0.2, -0.15) is 13.2 Å². The molecule has 218 valence electrons. The Balaban J connectivity index is 1.15. The predicted octanol–water partition coefficient (Wildman–Crippen LogP) is 3.15. The lowest BCUT2D eigenvalue weighted by atomic mass is 10.0. The van der Waals surface area contributed by atoms with Crippen LogP contribution in [0, 0.1) is 5.82 Å². The summed E-state index contributed by atoms with van der Waals surface area (Å²) in [5.74, 6) is -1.13. The number of alkyl halides is 3. The van der Waals surface area contributed by atoms with Gasteiger partial charge in [0.15, 0.2) is 0 Å². The summed E-state index contributed by atoms with van der Waals surface area (Å²) >= 11 is 0. The van der Waals surface area contributed by atoms with Gasteiger partial charge in [-0.15, -0.1) is 0 Å². The maximum atomic E-state index is 15.1. The van der Waals surface area contributed by atoms with E-state index < -0.39 is 35.9 Å². The smallest absolute Gasteiger partial charge is 0.416 e. The van der Waals surface area contributed by atoms with Crippen molar-refractivity contribution >= 4 is 35.0 Å². The number of amides is 3. The normalized spacial score (nSPS) is 21.0. The lowest BCUT2D eigenvalue weighted by molar-refractivity contribution is -0.142. The molecule has 1 N–H and O–H groups in total. The molecule has 0 radical (unpaired) electrons. The van der Waals surface area contributed by atoms with Gasteiger partial charge in [0.25, 0.3) is 5.91 Å². The number of cyclic esters (lactones) is 1. The second kappa shape index (κ2) is 11.3. The number of ether oxygens (including phenoxy) is 1. The number of nitrogens with zero attached hydrogens (tertiary/aromatic N) is 4. The summed E-state index contributed by atoms with van der Waals surface area (Å²) in [6.45, 7) is 2.91. The molecule has 3 aliphatic rings. The third-order valence-electron chi connectivity index (χ3n) is 7.10. The molecule has 2 aromatic rings. The van der Waals surface area contributed by atoms with Crippen molar-refractivity contribution < 1.29 is 41.5 Å². The summed E-state index contributed by atoms with van der Waals surface area (Å²) in [4.78, 5) is 46.3. The zero-order chi connectivity index (χ0) is 29.3. The molecule has 0 bridgehead atoms. The van der Waals surface area contributed by atoms with Gasteiger partial charge in [0.05, 0.1) is 35.7 Å². The number of benzene rings is 2. The highest BCUT2D eigenvalue weighted by atomic mass is 19.4. The molecular formula is C27H27F4N5O5. The van der Waals surface area contributed by atoms with Crippen molar-refractivity contribution in [3.05, 3.63) is 59.4 Å². The highest BCUT2D eigenvalue weighted by Gasteiger charge is 2.36. The zero-order valence-corrected chi connectivity index (χ0v) is 22.0. The number of halogens is 4. The van der Waals surface area contributed by atoms with Gasteiger partial charge in [-0.1, -0.05) is 17.3 Å². The minimum atomic E-state index is -4.50. The van der Waals surface area contributed by atoms with Crippen LogP contribution in [0.3, 0.4) is 0 Å². The van der Waals surface area contributed by atoms with Crippen molar-refractivity contribution in [2.45, 2.75) is 31.7 Å². The summed E-state index contributed by atoms with van der Waals surface area (Å²) in [6.07, 6.45) is -6.58. The van der Waals surface area contributed by atoms with Crippen molar-refractivity contribution in [3.63, 3.8) is 0 Å². The van der Waals surface area contributed by atoms with Crippen LogP contribution in [0.2, 0.25) is 0 Å². The number of piperazine rings is 1. The van der Waals surface area contributed by atoms with Crippen molar-refractivity contribution in [1.29, 1.82) is 0 Å². The van der Waals surface area contributed by atoms with Crippen LogP contribution in [-0.4, -0.2) is 80.0 Å². The van der Waals surface area contributed by atoms with Crippen molar-refractivity contribution in [2.24, 2.45) is 5.16 Å².